The van der Waals surface area contributed by atoms with Crippen molar-refractivity contribution in [2.45, 2.75) is 78.6 Å². The zero-order chi connectivity index (χ0) is 41.9. The summed E-state index contributed by atoms with van der Waals surface area (Å²) in [6.45, 7) is 15.8. The molecule has 1 aliphatic rings. The second-order valence-electron chi connectivity index (χ2n) is 18.3. The Morgan fingerprint density at radius 3 is 1.72 bits per heavy atom. The fraction of sp³-hybridized carbons (Fsp3) is 0.203. The standard InChI is InChI=1S/C26H21.C21H25.C12H10Si.Zr/c1-2-8-18-15-19-11-7-14-24(25(19)16-18)26-22-12-5-3-9-20(22)17-21-10-4-6-13-23(21)26;1-20(2,3)16-7-9-18-14(12-16)11-15-13-17(21(4,5)6)8-10-19(15)18;1-3-7-11(8-4-1)13-12-9-5-2-6-10-12;/h3-7,9-17H,2,8H2,1H3;7-10,12H,11H2,1-6H3;1-10H;/q2*-1;;+2. The van der Waals surface area contributed by atoms with E-state index in [1.54, 1.807) is 0 Å². The maximum Gasteiger partial charge on any atom is 2.00 e. The number of hydrogen-bond acceptors (Lipinski definition) is 0. The van der Waals surface area contributed by atoms with Crippen molar-refractivity contribution >= 4 is 52.2 Å². The third-order valence-corrected chi connectivity index (χ3v) is 12.9. The van der Waals surface area contributed by atoms with Crippen LogP contribution in [0.2, 0.25) is 0 Å². The molecule has 61 heavy (non-hydrogen) atoms. The fourth-order valence-electron chi connectivity index (χ4n) is 8.49. The molecule has 10 rings (SSSR count). The average Bonchev–Trinajstić information content (AvgIpc) is 3.84. The Morgan fingerprint density at radius 1 is 0.541 bits per heavy atom. The topological polar surface area (TPSA) is 0 Å². The van der Waals surface area contributed by atoms with Gasteiger partial charge in [0.05, 0.1) is 0 Å². The van der Waals surface area contributed by atoms with Gasteiger partial charge in [-0.05, 0) is 68.0 Å². The summed E-state index contributed by atoms with van der Waals surface area (Å²) < 4.78 is 0. The largest absolute Gasteiger partial charge is 2.00 e. The van der Waals surface area contributed by atoms with Crippen molar-refractivity contribution in [3.05, 3.63) is 210 Å². The van der Waals surface area contributed by atoms with Crippen molar-refractivity contribution in [1.29, 1.82) is 0 Å². The Kier molecular flexibility index (Phi) is 13.7. The van der Waals surface area contributed by atoms with Gasteiger partial charge in [-0.15, -0.1) is 45.7 Å². The molecule has 300 valence electrons. The molecule has 0 aromatic heterocycles. The maximum absolute atomic E-state index is 3.67. The molecular formula is C59H56SiZr. The van der Waals surface area contributed by atoms with Crippen LogP contribution in [0.4, 0.5) is 0 Å². The fourth-order valence-corrected chi connectivity index (χ4v) is 9.54. The van der Waals surface area contributed by atoms with Gasteiger partial charge < -0.3 is 0 Å². The molecular weight excluding hydrogens is 828 g/mol. The third kappa shape index (κ3) is 10.0. The van der Waals surface area contributed by atoms with Crippen LogP contribution in [0.5, 0.6) is 0 Å². The monoisotopic (exact) mass is 882 g/mol. The van der Waals surface area contributed by atoms with Crippen molar-refractivity contribution < 1.29 is 26.2 Å². The van der Waals surface area contributed by atoms with Crippen molar-refractivity contribution in [1.82, 2.24) is 0 Å². The molecule has 0 N–H and O–H groups in total. The van der Waals surface area contributed by atoms with Crippen molar-refractivity contribution in [2.24, 2.45) is 0 Å². The van der Waals surface area contributed by atoms with Gasteiger partial charge in [0.25, 0.3) is 0 Å². The quantitative estimate of drug-likeness (QED) is 0.0918. The van der Waals surface area contributed by atoms with E-state index in [1.165, 1.54) is 99.2 Å². The van der Waals surface area contributed by atoms with Crippen LogP contribution in [0, 0.1) is 6.07 Å². The molecule has 0 bridgehead atoms. The molecule has 2 radical (unpaired) electrons. The van der Waals surface area contributed by atoms with Gasteiger partial charge >= 0.3 is 26.2 Å². The molecule has 9 aromatic carbocycles. The van der Waals surface area contributed by atoms with Crippen LogP contribution in [0.15, 0.2) is 176 Å². The van der Waals surface area contributed by atoms with Gasteiger partial charge in [-0.1, -0.05) is 210 Å². The van der Waals surface area contributed by atoms with Crippen molar-refractivity contribution in [3.8, 4) is 22.3 Å². The Labute approximate surface area is 386 Å². The maximum atomic E-state index is 3.67. The summed E-state index contributed by atoms with van der Waals surface area (Å²) in [5.41, 5.74) is 12.9. The molecule has 0 amide bonds. The number of fused-ring (bicyclic) bond motifs is 6. The van der Waals surface area contributed by atoms with E-state index in [-0.39, 0.29) is 37.0 Å². The molecule has 0 unspecified atom stereocenters. The summed E-state index contributed by atoms with van der Waals surface area (Å²) in [5.74, 6) is 0. The van der Waals surface area contributed by atoms with Crippen molar-refractivity contribution in [2.75, 3.05) is 0 Å². The summed E-state index contributed by atoms with van der Waals surface area (Å²) in [5, 5.41) is 10.8. The van der Waals surface area contributed by atoms with E-state index < -0.39 is 0 Å². The van der Waals surface area contributed by atoms with Crippen LogP contribution in [0.25, 0.3) is 54.6 Å². The Bertz CT molecular complexity index is 2730. The van der Waals surface area contributed by atoms with E-state index in [9.17, 15) is 0 Å². The summed E-state index contributed by atoms with van der Waals surface area (Å²) in [6.07, 6.45) is 3.35. The number of hydrogen-bond donors (Lipinski definition) is 0. The molecule has 2 heteroatoms. The summed E-state index contributed by atoms with van der Waals surface area (Å²) in [7, 11) is 0.777. The Morgan fingerprint density at radius 2 is 1.13 bits per heavy atom. The second-order valence-corrected chi connectivity index (χ2v) is 19.7. The van der Waals surface area contributed by atoms with E-state index in [0.717, 1.165) is 22.4 Å². The van der Waals surface area contributed by atoms with E-state index in [1.807, 2.05) is 0 Å². The molecule has 0 fully saturated rings. The second kappa shape index (κ2) is 18.9. The SMILES string of the molecule is CC(C)(C)c1[c-]c2c(cc1)-c1ccc(C(C)(C)C)cc1C2.CCCc1cc2c(-c3c4ccccc4cc4ccccc34)cccc2[cH-]1.[Zr+2].c1ccc([Si]c2ccccc2)cc1. The zero-order valence-electron chi connectivity index (χ0n) is 36.9. The minimum atomic E-state index is 0. The van der Waals surface area contributed by atoms with Gasteiger partial charge in [0, 0.05) is 0 Å². The van der Waals surface area contributed by atoms with Gasteiger partial charge in [0.15, 0.2) is 0 Å². The molecule has 0 nitrogen and oxygen atoms in total. The van der Waals surface area contributed by atoms with Gasteiger partial charge in [-0.25, -0.2) is 0 Å². The Hall–Kier alpha value is -5.01. The molecule has 0 aliphatic heterocycles. The third-order valence-electron chi connectivity index (χ3n) is 11.7. The van der Waals surface area contributed by atoms with Crippen molar-refractivity contribution in [3.63, 3.8) is 0 Å². The molecule has 0 saturated heterocycles. The van der Waals surface area contributed by atoms with E-state index in [0.29, 0.717) is 0 Å². The van der Waals surface area contributed by atoms with Gasteiger partial charge in [0.2, 0.25) is 0 Å². The predicted octanol–water partition coefficient (Wildman–Crippen LogP) is 14.5. The van der Waals surface area contributed by atoms with Crippen LogP contribution >= 0.6 is 0 Å². The number of benzene rings is 8. The molecule has 0 heterocycles. The average molecular weight is 884 g/mol. The van der Waals surface area contributed by atoms with Crippen LogP contribution in [0.3, 0.4) is 0 Å². The predicted molar refractivity (Wildman–Crippen MR) is 263 cm³/mol. The first-order chi connectivity index (χ1) is 29.0. The summed E-state index contributed by atoms with van der Waals surface area (Å²) >= 11 is 0. The molecule has 9 aromatic rings. The first-order valence-electron chi connectivity index (χ1n) is 21.6. The van der Waals surface area contributed by atoms with Crippen LogP contribution < -0.4 is 10.4 Å². The van der Waals surface area contributed by atoms with E-state index >= 15 is 0 Å². The van der Waals surface area contributed by atoms with E-state index in [2.05, 4.69) is 230 Å². The molecule has 0 saturated carbocycles. The van der Waals surface area contributed by atoms with Gasteiger partial charge in [-0.2, -0.15) is 29.8 Å². The smallest absolute Gasteiger partial charge is 0.175 e. The summed E-state index contributed by atoms with van der Waals surface area (Å²) in [4.78, 5) is 0. The van der Waals surface area contributed by atoms with Gasteiger partial charge in [-0.3, -0.25) is 0 Å². The van der Waals surface area contributed by atoms with Crippen LogP contribution in [0.1, 0.15) is 82.7 Å². The minimum Gasteiger partial charge on any atom is -0.175 e. The van der Waals surface area contributed by atoms with Crippen LogP contribution in [-0.2, 0) is 49.9 Å². The first-order valence-corrected chi connectivity index (χ1v) is 22.6. The molecule has 0 spiro atoms. The van der Waals surface area contributed by atoms with E-state index in [4.69, 9.17) is 0 Å². The number of aryl methyl sites for hydroxylation is 1. The Balaban J connectivity index is 0.000000144. The van der Waals surface area contributed by atoms with Gasteiger partial charge in [0.1, 0.15) is 9.52 Å². The normalized spacial score (nSPS) is 11.9. The zero-order valence-corrected chi connectivity index (χ0v) is 40.3. The van der Waals surface area contributed by atoms with Crippen LogP contribution in [-0.4, -0.2) is 9.52 Å². The molecule has 0 atom stereocenters. The summed E-state index contributed by atoms with van der Waals surface area (Å²) in [6, 6.07) is 67.6. The first kappa shape index (κ1) is 44.1. The molecule has 1 aliphatic carbocycles. The minimum absolute atomic E-state index is 0. The number of rotatable bonds is 5.